The minimum atomic E-state index is 0.323. The predicted molar refractivity (Wildman–Crippen MR) is 80.7 cm³/mol. The highest BCUT2D eigenvalue weighted by atomic mass is 15.0. The van der Waals surface area contributed by atoms with Gasteiger partial charge in [-0.2, -0.15) is 0 Å². The second-order valence-electron chi connectivity index (χ2n) is 7.67. The van der Waals surface area contributed by atoms with Crippen molar-refractivity contribution in [3.05, 3.63) is 0 Å². The van der Waals surface area contributed by atoms with Gasteiger partial charge in [0.2, 0.25) is 0 Å². The average Bonchev–Trinajstić information content (AvgIpc) is 2.23. The van der Waals surface area contributed by atoms with Gasteiger partial charge in [-0.25, -0.2) is 0 Å². The Hall–Kier alpha value is -0.0800. The highest BCUT2D eigenvalue weighted by Gasteiger charge is 2.40. The number of hydrogen-bond acceptors (Lipinski definition) is 2. The summed E-state index contributed by atoms with van der Waals surface area (Å²) < 4.78 is 0. The van der Waals surface area contributed by atoms with Crippen LogP contribution in [0.4, 0.5) is 0 Å². The second-order valence-corrected chi connectivity index (χ2v) is 7.67. The van der Waals surface area contributed by atoms with Crippen molar-refractivity contribution in [2.45, 2.75) is 85.2 Å². The zero-order valence-corrected chi connectivity index (χ0v) is 13.2. The summed E-state index contributed by atoms with van der Waals surface area (Å²) >= 11 is 0. The zero-order chi connectivity index (χ0) is 13.8. The van der Waals surface area contributed by atoms with E-state index in [1.807, 2.05) is 0 Å². The van der Waals surface area contributed by atoms with Gasteiger partial charge in [0.05, 0.1) is 0 Å². The molecule has 0 spiro atoms. The molecule has 0 aromatic heterocycles. The third-order valence-electron chi connectivity index (χ3n) is 4.45. The summed E-state index contributed by atoms with van der Waals surface area (Å²) in [6.07, 6.45) is 7.72. The molecule has 108 valence electrons. The Balaban J connectivity index is 2.54. The zero-order valence-electron chi connectivity index (χ0n) is 13.2. The summed E-state index contributed by atoms with van der Waals surface area (Å²) in [5.74, 6) is 0. The van der Waals surface area contributed by atoms with E-state index in [0.29, 0.717) is 22.9 Å². The maximum absolute atomic E-state index is 6.00. The van der Waals surface area contributed by atoms with Crippen LogP contribution >= 0.6 is 0 Å². The summed E-state index contributed by atoms with van der Waals surface area (Å²) in [5, 5.41) is 3.84. The first-order chi connectivity index (χ1) is 8.30. The van der Waals surface area contributed by atoms with Crippen molar-refractivity contribution in [3.8, 4) is 0 Å². The summed E-state index contributed by atoms with van der Waals surface area (Å²) in [4.78, 5) is 0. The van der Waals surface area contributed by atoms with Gasteiger partial charge in [-0.1, -0.05) is 40.5 Å². The lowest BCUT2D eigenvalue weighted by molar-refractivity contribution is 0.0729. The lowest BCUT2D eigenvalue weighted by Gasteiger charge is -2.47. The standard InChI is InChI=1S/C16H34N2/c1-6-7-8-13(2)18-14-9-15(3,4)11-16(5,10-14)12-17/h13-14,18H,6-12,17H2,1-5H3. The molecule has 0 saturated heterocycles. The van der Waals surface area contributed by atoms with Crippen LogP contribution in [0.2, 0.25) is 0 Å². The van der Waals surface area contributed by atoms with Crippen LogP contribution in [0.25, 0.3) is 0 Å². The molecule has 1 aliphatic carbocycles. The van der Waals surface area contributed by atoms with E-state index in [-0.39, 0.29) is 0 Å². The molecule has 0 bridgehead atoms. The topological polar surface area (TPSA) is 38.0 Å². The highest BCUT2D eigenvalue weighted by Crippen LogP contribution is 2.45. The molecule has 0 aromatic carbocycles. The van der Waals surface area contributed by atoms with Gasteiger partial charge in [-0.05, 0) is 50.0 Å². The van der Waals surface area contributed by atoms with Crippen LogP contribution < -0.4 is 11.1 Å². The average molecular weight is 254 g/mol. The van der Waals surface area contributed by atoms with Crippen molar-refractivity contribution in [1.29, 1.82) is 0 Å². The van der Waals surface area contributed by atoms with E-state index in [1.54, 1.807) is 0 Å². The molecule has 0 aliphatic heterocycles. The van der Waals surface area contributed by atoms with E-state index in [0.717, 1.165) is 6.54 Å². The van der Waals surface area contributed by atoms with E-state index >= 15 is 0 Å². The first-order valence-electron chi connectivity index (χ1n) is 7.76. The van der Waals surface area contributed by atoms with Crippen LogP contribution in [0.15, 0.2) is 0 Å². The van der Waals surface area contributed by atoms with Crippen molar-refractivity contribution in [1.82, 2.24) is 5.32 Å². The number of unbranched alkanes of at least 4 members (excludes halogenated alkanes) is 1. The Bertz CT molecular complexity index is 249. The third-order valence-corrected chi connectivity index (χ3v) is 4.45. The smallest absolute Gasteiger partial charge is 0.00802 e. The third kappa shape index (κ3) is 4.89. The maximum Gasteiger partial charge on any atom is 0.00802 e. The van der Waals surface area contributed by atoms with Gasteiger partial charge in [0, 0.05) is 12.1 Å². The predicted octanol–water partition coefficient (Wildman–Crippen LogP) is 3.70. The highest BCUT2D eigenvalue weighted by molar-refractivity contribution is 4.95. The Morgan fingerprint density at radius 1 is 1.28 bits per heavy atom. The van der Waals surface area contributed by atoms with E-state index in [4.69, 9.17) is 5.73 Å². The molecule has 3 N–H and O–H groups in total. The van der Waals surface area contributed by atoms with Crippen molar-refractivity contribution in [2.24, 2.45) is 16.6 Å². The molecule has 1 saturated carbocycles. The first kappa shape index (κ1) is 16.0. The Kier molecular flexibility index (Phi) is 5.67. The lowest BCUT2D eigenvalue weighted by atomic mass is 9.62. The molecule has 3 unspecified atom stereocenters. The first-order valence-corrected chi connectivity index (χ1v) is 7.76. The van der Waals surface area contributed by atoms with Gasteiger partial charge in [0.15, 0.2) is 0 Å². The summed E-state index contributed by atoms with van der Waals surface area (Å²) in [6, 6.07) is 1.29. The number of nitrogens with one attached hydrogen (secondary N) is 1. The number of nitrogens with two attached hydrogens (primary N) is 1. The maximum atomic E-state index is 6.00. The Morgan fingerprint density at radius 2 is 1.94 bits per heavy atom. The molecule has 0 amide bonds. The molecule has 1 rings (SSSR count). The molecular formula is C16H34N2. The summed E-state index contributed by atoms with van der Waals surface area (Å²) in [5.41, 5.74) is 6.75. The van der Waals surface area contributed by atoms with Crippen molar-refractivity contribution >= 4 is 0 Å². The van der Waals surface area contributed by atoms with Gasteiger partial charge >= 0.3 is 0 Å². The minimum absolute atomic E-state index is 0.323. The minimum Gasteiger partial charge on any atom is -0.330 e. The normalized spacial score (nSPS) is 33.3. The molecule has 0 aromatic rings. The fourth-order valence-electron chi connectivity index (χ4n) is 3.90. The Labute approximate surface area is 114 Å². The monoisotopic (exact) mass is 254 g/mol. The molecule has 0 heterocycles. The molecule has 1 fully saturated rings. The van der Waals surface area contributed by atoms with Crippen LogP contribution in [-0.2, 0) is 0 Å². The SMILES string of the molecule is CCCCC(C)NC1CC(C)(C)CC(C)(CN)C1. The molecule has 3 atom stereocenters. The van der Waals surface area contributed by atoms with Crippen molar-refractivity contribution < 1.29 is 0 Å². The van der Waals surface area contributed by atoms with Crippen molar-refractivity contribution in [2.75, 3.05) is 6.54 Å². The van der Waals surface area contributed by atoms with Gasteiger partial charge in [-0.15, -0.1) is 0 Å². The van der Waals surface area contributed by atoms with E-state index in [2.05, 4.69) is 39.9 Å². The van der Waals surface area contributed by atoms with Crippen LogP contribution in [-0.4, -0.2) is 18.6 Å². The Morgan fingerprint density at radius 3 is 2.50 bits per heavy atom. The second kappa shape index (κ2) is 6.38. The molecular weight excluding hydrogens is 220 g/mol. The number of rotatable bonds is 6. The van der Waals surface area contributed by atoms with Gasteiger partial charge in [0.25, 0.3) is 0 Å². The van der Waals surface area contributed by atoms with Crippen LogP contribution in [0.5, 0.6) is 0 Å². The van der Waals surface area contributed by atoms with Crippen molar-refractivity contribution in [3.63, 3.8) is 0 Å². The van der Waals surface area contributed by atoms with E-state index < -0.39 is 0 Å². The van der Waals surface area contributed by atoms with E-state index in [1.165, 1.54) is 38.5 Å². The quantitative estimate of drug-likeness (QED) is 0.758. The lowest BCUT2D eigenvalue weighted by Crippen LogP contribution is -2.49. The van der Waals surface area contributed by atoms with Gasteiger partial charge in [-0.3, -0.25) is 0 Å². The molecule has 2 heteroatoms. The fourth-order valence-corrected chi connectivity index (χ4v) is 3.90. The summed E-state index contributed by atoms with van der Waals surface area (Å²) in [7, 11) is 0. The molecule has 0 radical (unpaired) electrons. The van der Waals surface area contributed by atoms with E-state index in [9.17, 15) is 0 Å². The molecule has 1 aliphatic rings. The molecule has 2 nitrogen and oxygen atoms in total. The van der Waals surface area contributed by atoms with Crippen LogP contribution in [0.1, 0.15) is 73.1 Å². The van der Waals surface area contributed by atoms with Gasteiger partial charge in [0.1, 0.15) is 0 Å². The van der Waals surface area contributed by atoms with Crippen LogP contribution in [0.3, 0.4) is 0 Å². The number of hydrogen-bond donors (Lipinski definition) is 2. The van der Waals surface area contributed by atoms with Crippen LogP contribution in [0, 0.1) is 10.8 Å². The largest absolute Gasteiger partial charge is 0.330 e. The summed E-state index contributed by atoms with van der Waals surface area (Å²) in [6.45, 7) is 12.6. The molecule has 18 heavy (non-hydrogen) atoms. The fraction of sp³-hybridized carbons (Fsp3) is 1.00. The van der Waals surface area contributed by atoms with Gasteiger partial charge < -0.3 is 11.1 Å².